The molecule has 74 valence electrons. The number of ether oxygens (including phenoxy) is 1. The summed E-state index contributed by atoms with van der Waals surface area (Å²) in [5.74, 6) is 0.851. The fourth-order valence-electron chi connectivity index (χ4n) is 1.38. The topological polar surface area (TPSA) is 41.8 Å². The van der Waals surface area contributed by atoms with E-state index in [0.717, 1.165) is 5.56 Å². The van der Waals surface area contributed by atoms with Crippen LogP contribution in [-0.2, 0) is 4.74 Å². The van der Waals surface area contributed by atoms with Gasteiger partial charge >= 0.3 is 0 Å². The molecule has 0 spiro atoms. The van der Waals surface area contributed by atoms with Gasteiger partial charge in [-0.05, 0) is 32.0 Å². The molecule has 1 N–H and O–H groups in total. The van der Waals surface area contributed by atoms with Crippen molar-refractivity contribution in [3.05, 3.63) is 29.8 Å². The number of phenols is 1. The maximum Gasteiger partial charge on any atom is 0.216 e. The average Bonchev–Trinajstić information content (AvgIpc) is 2.46. The molecule has 3 nitrogen and oxygen atoms in total. The molecule has 0 fully saturated rings. The standard InChI is InChI=1S/C11H13NO2/c1-11(2)7-12-10(14-11)8-4-3-5-9(13)6-8/h3-6,13H,7H2,1-2H3. The fourth-order valence-corrected chi connectivity index (χ4v) is 1.38. The van der Waals surface area contributed by atoms with Gasteiger partial charge in [-0.1, -0.05) is 6.07 Å². The van der Waals surface area contributed by atoms with Gasteiger partial charge in [-0.3, -0.25) is 0 Å². The van der Waals surface area contributed by atoms with Crippen molar-refractivity contribution >= 4 is 5.90 Å². The summed E-state index contributed by atoms with van der Waals surface area (Å²) in [6, 6.07) is 6.94. The van der Waals surface area contributed by atoms with E-state index in [0.29, 0.717) is 12.4 Å². The second-order valence-corrected chi connectivity index (χ2v) is 4.03. The van der Waals surface area contributed by atoms with Crippen LogP contribution in [0.2, 0.25) is 0 Å². The highest BCUT2D eigenvalue weighted by Crippen LogP contribution is 2.22. The molecule has 0 bridgehead atoms. The number of aliphatic imine (C=N–C) groups is 1. The first kappa shape index (κ1) is 9.06. The SMILES string of the molecule is CC1(C)CN=C(c2cccc(O)c2)O1. The van der Waals surface area contributed by atoms with Crippen LogP contribution in [0.1, 0.15) is 19.4 Å². The maximum atomic E-state index is 9.29. The van der Waals surface area contributed by atoms with Gasteiger partial charge in [0.1, 0.15) is 11.4 Å². The quantitative estimate of drug-likeness (QED) is 0.737. The zero-order chi connectivity index (χ0) is 10.2. The first-order chi connectivity index (χ1) is 6.57. The van der Waals surface area contributed by atoms with E-state index in [4.69, 9.17) is 4.74 Å². The van der Waals surface area contributed by atoms with E-state index in [1.165, 1.54) is 0 Å². The molecule has 0 atom stereocenters. The van der Waals surface area contributed by atoms with Crippen molar-refractivity contribution in [3.63, 3.8) is 0 Å². The Labute approximate surface area is 83.1 Å². The van der Waals surface area contributed by atoms with Crippen molar-refractivity contribution in [2.24, 2.45) is 4.99 Å². The lowest BCUT2D eigenvalue weighted by Crippen LogP contribution is -2.24. The molecular formula is C11H13NO2. The number of phenolic OH excluding ortho intramolecular Hbond substituents is 1. The van der Waals surface area contributed by atoms with E-state index in [1.54, 1.807) is 18.2 Å². The van der Waals surface area contributed by atoms with E-state index < -0.39 is 0 Å². The number of aromatic hydroxyl groups is 1. The highest BCUT2D eigenvalue weighted by Gasteiger charge is 2.28. The lowest BCUT2D eigenvalue weighted by molar-refractivity contribution is 0.131. The molecule has 0 saturated heterocycles. The minimum Gasteiger partial charge on any atom is -0.508 e. The van der Waals surface area contributed by atoms with E-state index in [1.807, 2.05) is 19.9 Å². The minimum atomic E-state index is -0.221. The van der Waals surface area contributed by atoms with Crippen molar-refractivity contribution in [2.75, 3.05) is 6.54 Å². The second-order valence-electron chi connectivity index (χ2n) is 4.03. The summed E-state index contributed by atoms with van der Waals surface area (Å²) in [7, 11) is 0. The molecule has 0 radical (unpaired) electrons. The largest absolute Gasteiger partial charge is 0.508 e. The predicted molar refractivity (Wildman–Crippen MR) is 54.7 cm³/mol. The Morgan fingerprint density at radius 2 is 2.21 bits per heavy atom. The Hall–Kier alpha value is -1.51. The van der Waals surface area contributed by atoms with Gasteiger partial charge in [0.05, 0.1) is 6.54 Å². The molecule has 0 aromatic heterocycles. The van der Waals surface area contributed by atoms with E-state index in [9.17, 15) is 5.11 Å². The number of rotatable bonds is 1. The van der Waals surface area contributed by atoms with Crippen molar-refractivity contribution in [1.29, 1.82) is 0 Å². The monoisotopic (exact) mass is 191 g/mol. The van der Waals surface area contributed by atoms with Gasteiger partial charge in [-0.15, -0.1) is 0 Å². The summed E-state index contributed by atoms with van der Waals surface area (Å²) >= 11 is 0. The minimum absolute atomic E-state index is 0.221. The predicted octanol–water partition coefficient (Wildman–Crippen LogP) is 1.95. The third-order valence-electron chi connectivity index (χ3n) is 2.07. The maximum absolute atomic E-state index is 9.29. The van der Waals surface area contributed by atoms with Crippen LogP contribution in [0.15, 0.2) is 29.3 Å². The highest BCUT2D eigenvalue weighted by atomic mass is 16.5. The molecule has 1 aromatic carbocycles. The molecule has 2 rings (SSSR count). The lowest BCUT2D eigenvalue weighted by atomic mass is 10.1. The normalized spacial score (nSPS) is 18.9. The van der Waals surface area contributed by atoms with Crippen LogP contribution in [0.4, 0.5) is 0 Å². The molecular weight excluding hydrogens is 178 g/mol. The van der Waals surface area contributed by atoms with Crippen molar-refractivity contribution in [1.82, 2.24) is 0 Å². The lowest BCUT2D eigenvalue weighted by Gasteiger charge is -2.17. The zero-order valence-electron chi connectivity index (χ0n) is 8.32. The van der Waals surface area contributed by atoms with Gasteiger partial charge in [-0.2, -0.15) is 0 Å². The van der Waals surface area contributed by atoms with Gasteiger partial charge in [0.2, 0.25) is 5.90 Å². The Balaban J connectivity index is 2.26. The van der Waals surface area contributed by atoms with Crippen LogP contribution < -0.4 is 0 Å². The molecule has 1 aromatic rings. The van der Waals surface area contributed by atoms with Crippen molar-refractivity contribution in [2.45, 2.75) is 19.4 Å². The highest BCUT2D eigenvalue weighted by molar-refractivity contribution is 5.95. The molecule has 0 saturated carbocycles. The van der Waals surface area contributed by atoms with Crippen LogP contribution >= 0.6 is 0 Å². The molecule has 14 heavy (non-hydrogen) atoms. The summed E-state index contributed by atoms with van der Waals surface area (Å²) in [5, 5.41) is 9.29. The smallest absolute Gasteiger partial charge is 0.216 e. The third-order valence-corrected chi connectivity index (χ3v) is 2.07. The van der Waals surface area contributed by atoms with Crippen molar-refractivity contribution in [3.8, 4) is 5.75 Å². The van der Waals surface area contributed by atoms with Crippen molar-refractivity contribution < 1.29 is 9.84 Å². The van der Waals surface area contributed by atoms with Gasteiger partial charge in [0.15, 0.2) is 0 Å². The molecule has 0 unspecified atom stereocenters. The van der Waals surface area contributed by atoms with Gasteiger partial charge in [0.25, 0.3) is 0 Å². The Morgan fingerprint density at radius 3 is 2.79 bits per heavy atom. The molecule has 3 heteroatoms. The van der Waals surface area contributed by atoms with Gasteiger partial charge in [0, 0.05) is 5.56 Å². The first-order valence-corrected chi connectivity index (χ1v) is 4.60. The van der Waals surface area contributed by atoms with Crippen LogP contribution in [0.25, 0.3) is 0 Å². The van der Waals surface area contributed by atoms with Crippen LogP contribution in [0.3, 0.4) is 0 Å². The summed E-state index contributed by atoms with van der Waals surface area (Å²) in [5.41, 5.74) is 0.608. The third kappa shape index (κ3) is 1.71. The number of hydrogen-bond donors (Lipinski definition) is 1. The number of nitrogens with zero attached hydrogens (tertiary/aromatic N) is 1. The van der Waals surface area contributed by atoms with Gasteiger partial charge in [-0.25, -0.2) is 4.99 Å². The molecule has 0 amide bonds. The molecule has 0 aliphatic carbocycles. The first-order valence-electron chi connectivity index (χ1n) is 4.60. The summed E-state index contributed by atoms with van der Waals surface area (Å²) < 4.78 is 5.63. The zero-order valence-corrected chi connectivity index (χ0v) is 8.32. The van der Waals surface area contributed by atoms with E-state index in [-0.39, 0.29) is 11.4 Å². The number of benzene rings is 1. The summed E-state index contributed by atoms with van der Waals surface area (Å²) in [6.45, 7) is 4.65. The average molecular weight is 191 g/mol. The molecule has 1 aliphatic heterocycles. The molecule has 1 heterocycles. The summed E-state index contributed by atoms with van der Waals surface area (Å²) in [4.78, 5) is 4.28. The van der Waals surface area contributed by atoms with E-state index in [2.05, 4.69) is 4.99 Å². The van der Waals surface area contributed by atoms with Crippen LogP contribution in [-0.4, -0.2) is 23.2 Å². The Bertz CT molecular complexity index is 383. The van der Waals surface area contributed by atoms with E-state index >= 15 is 0 Å². The van der Waals surface area contributed by atoms with Crippen LogP contribution in [0, 0.1) is 0 Å². The Morgan fingerprint density at radius 1 is 1.43 bits per heavy atom. The second kappa shape index (κ2) is 3.01. The van der Waals surface area contributed by atoms with Gasteiger partial charge < -0.3 is 9.84 Å². The Kier molecular flexibility index (Phi) is 1.95. The fraction of sp³-hybridized carbons (Fsp3) is 0.364. The number of hydrogen-bond acceptors (Lipinski definition) is 3. The summed E-state index contributed by atoms with van der Waals surface area (Å²) in [6.07, 6.45) is 0. The van der Waals surface area contributed by atoms with Crippen LogP contribution in [0.5, 0.6) is 5.75 Å². The molecule has 1 aliphatic rings.